The van der Waals surface area contributed by atoms with Gasteiger partial charge in [-0.05, 0) is 19.9 Å². The van der Waals surface area contributed by atoms with Gasteiger partial charge in [-0.15, -0.1) is 0 Å². The van der Waals surface area contributed by atoms with Crippen LogP contribution in [0.4, 0.5) is 11.4 Å². The number of aliphatic hydroxyl groups is 2. The van der Waals surface area contributed by atoms with Gasteiger partial charge in [-0.1, -0.05) is 45.9 Å². The second-order valence-corrected chi connectivity index (χ2v) is 15.8. The number of nitrogens with one attached hydrogen (secondary N) is 2. The zero-order chi connectivity index (χ0) is 43.8. The van der Waals surface area contributed by atoms with E-state index in [1.807, 2.05) is 0 Å². The molecule has 2 aromatic carbocycles. The number of hydrogen-bond acceptors (Lipinski definition) is 15. The van der Waals surface area contributed by atoms with Crippen LogP contribution < -0.4 is 20.3 Å². The Bertz CT molecular complexity index is 2100. The van der Waals surface area contributed by atoms with Crippen molar-refractivity contribution in [1.82, 2.24) is 5.32 Å². The number of rotatable bonds is 4. The van der Waals surface area contributed by atoms with Gasteiger partial charge in [0.1, 0.15) is 40.8 Å². The summed E-state index contributed by atoms with van der Waals surface area (Å²) in [5.74, 6) is -10.5. The molecule has 10 atom stereocenters. The lowest BCUT2D eigenvalue weighted by atomic mass is 9.78. The van der Waals surface area contributed by atoms with Crippen molar-refractivity contribution in [3.63, 3.8) is 0 Å². The highest BCUT2D eigenvalue weighted by molar-refractivity contribution is 6.24. The van der Waals surface area contributed by atoms with Gasteiger partial charge in [-0.25, -0.2) is 4.79 Å². The number of carboxylic acid groups (broad SMARTS) is 1. The van der Waals surface area contributed by atoms with Crippen LogP contribution in [-0.2, 0) is 28.6 Å². The van der Waals surface area contributed by atoms with Gasteiger partial charge in [0.05, 0.1) is 35.5 Å². The van der Waals surface area contributed by atoms with Gasteiger partial charge in [-0.2, -0.15) is 0 Å². The number of carbonyl (C=O) groups is 4. The van der Waals surface area contributed by atoms with Crippen molar-refractivity contribution in [2.45, 2.75) is 91.6 Å². The number of allylic oxidation sites excluding steroid dienone is 2. The molecule has 0 radical (unpaired) electrons. The normalized spacial score (nSPS) is 32.2. The van der Waals surface area contributed by atoms with Crippen LogP contribution in [0.5, 0.6) is 23.0 Å². The molecule has 4 heterocycles. The number of hydrogen-bond donors (Lipinski definition) is 8. The van der Waals surface area contributed by atoms with Crippen molar-refractivity contribution in [2.24, 2.45) is 23.7 Å². The summed E-state index contributed by atoms with van der Waals surface area (Å²) in [6.07, 6.45) is 3.18. The molecule has 59 heavy (non-hydrogen) atoms. The Labute approximate surface area is 341 Å². The zero-order valence-corrected chi connectivity index (χ0v) is 34.6. The number of aliphatic hydroxyl groups excluding tert-OH is 2. The summed E-state index contributed by atoms with van der Waals surface area (Å²) in [5.41, 5.74) is -0.949. The van der Waals surface area contributed by atoms with E-state index in [9.17, 15) is 49.8 Å². The maximum absolute atomic E-state index is 14.5. The molecule has 1 saturated heterocycles. The highest BCUT2D eigenvalue weighted by Gasteiger charge is 2.50. The second kappa shape index (κ2) is 17.5. The van der Waals surface area contributed by atoms with Gasteiger partial charge in [0.15, 0.2) is 5.75 Å². The molecule has 4 aliphatic heterocycles. The minimum Gasteiger partial charge on any atom is -0.507 e. The van der Waals surface area contributed by atoms with Gasteiger partial charge < -0.3 is 65.1 Å². The first-order valence-corrected chi connectivity index (χ1v) is 19.5. The molecular formula is C42H55N3O14. The van der Waals surface area contributed by atoms with E-state index < -0.39 is 112 Å². The number of ketones is 1. The fourth-order valence-corrected chi connectivity index (χ4v) is 8.18. The number of nitrogens with zero attached hydrogens (tertiary/aromatic N) is 1. The number of Topliss-reactive ketones (excluding diaryl/α,β-unsaturated/α-hetero) is 1. The topological polar surface area (TPSA) is 254 Å². The minimum atomic E-state index is -2.12. The fourth-order valence-electron chi connectivity index (χ4n) is 8.18. The number of amides is 1. The van der Waals surface area contributed by atoms with Crippen LogP contribution in [0.25, 0.3) is 10.8 Å². The number of aliphatic carboxylic acids is 1. The van der Waals surface area contributed by atoms with Gasteiger partial charge in [-0.3, -0.25) is 14.4 Å². The molecule has 17 heteroatoms. The molecule has 4 aliphatic rings. The number of phenols is 3. The smallest absolute Gasteiger partial charge is 0.327 e. The number of benzene rings is 2. The van der Waals surface area contributed by atoms with Gasteiger partial charge >= 0.3 is 17.7 Å². The van der Waals surface area contributed by atoms with Crippen LogP contribution in [0.2, 0.25) is 0 Å². The van der Waals surface area contributed by atoms with Gasteiger partial charge in [0.25, 0.3) is 11.7 Å². The molecule has 1 fully saturated rings. The third-order valence-electron chi connectivity index (χ3n) is 11.8. The molecule has 0 spiro atoms. The van der Waals surface area contributed by atoms with Crippen LogP contribution in [0.3, 0.4) is 0 Å². The average molecular weight is 826 g/mol. The molecule has 8 N–H and O–H groups in total. The third kappa shape index (κ3) is 8.29. The molecule has 322 valence electrons. The number of carbonyl (C=O) groups excluding carboxylic acids is 3. The Morgan fingerprint density at radius 2 is 1.63 bits per heavy atom. The number of anilines is 2. The first-order chi connectivity index (χ1) is 27.7. The molecule has 0 aromatic heterocycles. The Hall–Kier alpha value is -5.36. The average Bonchev–Trinajstić information content (AvgIpc) is 3.46. The molecule has 0 saturated carbocycles. The number of ether oxygens (including phenoxy) is 4. The predicted molar refractivity (Wildman–Crippen MR) is 215 cm³/mol. The van der Waals surface area contributed by atoms with Crippen molar-refractivity contribution in [3.05, 3.63) is 47.3 Å². The monoisotopic (exact) mass is 825 g/mol. The van der Waals surface area contributed by atoms with Crippen molar-refractivity contribution in [3.8, 4) is 23.0 Å². The fraction of sp³-hybridized carbons (Fsp3) is 0.524. The highest BCUT2D eigenvalue weighted by atomic mass is 16.7. The Morgan fingerprint density at radius 1 is 0.949 bits per heavy atom. The Morgan fingerprint density at radius 3 is 2.25 bits per heavy atom. The van der Waals surface area contributed by atoms with E-state index in [-0.39, 0.29) is 53.2 Å². The number of aromatic hydroxyl groups is 3. The van der Waals surface area contributed by atoms with E-state index in [0.717, 1.165) is 6.26 Å². The number of carboxylic acids is 1. The van der Waals surface area contributed by atoms with Crippen LogP contribution in [0.15, 0.2) is 36.1 Å². The van der Waals surface area contributed by atoms with E-state index in [0.29, 0.717) is 0 Å². The number of piperazine rings is 1. The summed E-state index contributed by atoms with van der Waals surface area (Å²) >= 11 is 0. The number of fused-ring (bicyclic) bond motifs is 14. The quantitative estimate of drug-likeness (QED) is 0.125. The highest BCUT2D eigenvalue weighted by Crippen LogP contribution is 2.58. The van der Waals surface area contributed by atoms with Gasteiger partial charge in [0.2, 0.25) is 0 Å². The van der Waals surface area contributed by atoms with E-state index >= 15 is 0 Å². The molecular weight excluding hydrogens is 770 g/mol. The second-order valence-electron chi connectivity index (χ2n) is 15.8. The lowest BCUT2D eigenvalue weighted by Crippen LogP contribution is -2.55. The van der Waals surface area contributed by atoms with Crippen molar-refractivity contribution >= 4 is 45.8 Å². The largest absolute Gasteiger partial charge is 0.507 e. The number of phenolic OH excluding ortho intramolecular Hbond substituents is 3. The minimum absolute atomic E-state index is 0.0140. The first-order valence-electron chi connectivity index (χ1n) is 19.5. The predicted octanol–water partition coefficient (Wildman–Crippen LogP) is 3.62. The molecule has 2 aromatic rings. The van der Waals surface area contributed by atoms with Crippen molar-refractivity contribution in [1.29, 1.82) is 0 Å². The van der Waals surface area contributed by atoms with E-state index in [1.165, 1.54) is 57.9 Å². The standard InChI is InChI=1S/C42H55N3O14/c1-18-11-10-12-19(2)40(53)44-30-31(45-15-14-43-17-25(45)41(54)55)36(51)27-28(35(30)50)34(49)23(6)38-29(27)39(52)42(8,59-38)57-16-13-26(56-9)20(3)37(58-24(7)46)22(5)33(48)21(4)32(18)47/h10-13,16,18,20-22,25-26,32-33,37,43,47-51H,14-15,17H2,1-9H3,(H,44,53)(H,54,55)/b11-10-,16-13?,19-12-/t18-,20+,21+,22+,25?,26-,32-,33+,37+,42-/m0/s1. The summed E-state index contributed by atoms with van der Waals surface area (Å²) in [6, 6.07) is -1.31. The summed E-state index contributed by atoms with van der Waals surface area (Å²) in [6.45, 7) is 12.4. The zero-order valence-electron chi connectivity index (χ0n) is 34.6. The van der Waals surface area contributed by atoms with Crippen LogP contribution in [0, 0.1) is 30.6 Å². The maximum Gasteiger partial charge on any atom is 0.327 e. The van der Waals surface area contributed by atoms with Crippen LogP contribution in [0.1, 0.15) is 64.4 Å². The van der Waals surface area contributed by atoms with Gasteiger partial charge in [0, 0.05) is 80.8 Å². The SMILES string of the molecule is CO[C@H]1C=CO[C@@]2(C)Oc3c(C)c(O)c4c(O)c(c(N5CCNCC5C(=O)O)c(O)c4c3C2=O)NC(=O)/C(C)=C\C=C/[C@H](C)[C@H](O)[C@@H](C)[C@@H](O)[C@@H](C)[C@H](OC(C)=O)[C@@H]1C. The first kappa shape index (κ1) is 44.7. The third-order valence-corrected chi connectivity index (χ3v) is 11.8. The lowest BCUT2D eigenvalue weighted by Gasteiger charge is -2.38. The van der Waals surface area contributed by atoms with Crippen LogP contribution >= 0.6 is 0 Å². The summed E-state index contributed by atoms with van der Waals surface area (Å²) in [5, 5.41) is 73.6. The maximum atomic E-state index is 14.5. The van der Waals surface area contributed by atoms with Crippen molar-refractivity contribution < 1.29 is 68.8 Å². The van der Waals surface area contributed by atoms with E-state index in [2.05, 4.69) is 10.6 Å². The molecule has 17 nitrogen and oxygen atoms in total. The summed E-state index contributed by atoms with van der Waals surface area (Å²) in [4.78, 5) is 54.4. The Kier molecular flexibility index (Phi) is 13.2. The molecule has 1 unspecified atom stereocenters. The summed E-state index contributed by atoms with van der Waals surface area (Å²) in [7, 11) is 1.41. The van der Waals surface area contributed by atoms with Crippen molar-refractivity contribution in [2.75, 3.05) is 37.0 Å². The number of esters is 1. The van der Waals surface area contributed by atoms with E-state index in [1.54, 1.807) is 33.8 Å². The molecule has 1 amide bonds. The molecule has 0 aliphatic carbocycles. The lowest BCUT2D eigenvalue weighted by molar-refractivity contribution is -0.160. The van der Waals surface area contributed by atoms with E-state index in [4.69, 9.17) is 18.9 Å². The molecule has 6 rings (SSSR count). The molecule has 5 bridgehead atoms. The number of methoxy groups -OCH3 is 1. The summed E-state index contributed by atoms with van der Waals surface area (Å²) < 4.78 is 23.5. The Balaban J connectivity index is 1.75. The van der Waals surface area contributed by atoms with Crippen LogP contribution in [-0.4, -0.2) is 117 Å².